The summed E-state index contributed by atoms with van der Waals surface area (Å²) in [7, 11) is 0. The van der Waals surface area contributed by atoms with Crippen LogP contribution in [0.2, 0.25) is 0 Å². The first-order chi connectivity index (χ1) is 14.0. The van der Waals surface area contributed by atoms with Gasteiger partial charge in [-0.05, 0) is 44.6 Å². The largest absolute Gasteiger partial charge is 0.448 e. The third-order valence-corrected chi connectivity index (χ3v) is 6.01. The Kier molecular flexibility index (Phi) is 5.54. The van der Waals surface area contributed by atoms with Crippen LogP contribution in [0.25, 0.3) is 0 Å². The molecule has 1 saturated carbocycles. The van der Waals surface area contributed by atoms with Crippen LogP contribution in [0.5, 0.6) is 11.5 Å². The van der Waals surface area contributed by atoms with Gasteiger partial charge in [0, 0.05) is 42.3 Å². The van der Waals surface area contributed by atoms with Gasteiger partial charge in [-0.3, -0.25) is 9.59 Å². The second kappa shape index (κ2) is 8.10. The van der Waals surface area contributed by atoms with E-state index in [9.17, 15) is 9.59 Å². The Balaban J connectivity index is 1.38. The summed E-state index contributed by atoms with van der Waals surface area (Å²) >= 11 is 1.38. The summed E-state index contributed by atoms with van der Waals surface area (Å²) in [6.45, 7) is 1.79. The number of anilines is 1. The number of nitrogens with zero attached hydrogens (tertiary/aromatic N) is 1. The van der Waals surface area contributed by atoms with E-state index >= 15 is 0 Å². The molecule has 1 fully saturated rings. The number of aromatic nitrogens is 2. The number of carbonyl (C=O) groups is 1. The average molecular weight is 416 g/mol. The first-order valence-corrected chi connectivity index (χ1v) is 11.2. The molecule has 2 heterocycles. The van der Waals surface area contributed by atoms with Crippen LogP contribution in [0, 0.1) is 6.92 Å². The van der Waals surface area contributed by atoms with Crippen molar-refractivity contribution in [3.05, 3.63) is 39.8 Å². The molecule has 29 heavy (non-hydrogen) atoms. The fraction of sp³-hybridized carbons (Fsp3) is 0.476. The van der Waals surface area contributed by atoms with Crippen molar-refractivity contribution in [1.82, 2.24) is 9.97 Å². The molecule has 1 aromatic carbocycles. The van der Waals surface area contributed by atoms with Crippen molar-refractivity contribution in [3.63, 3.8) is 0 Å². The van der Waals surface area contributed by atoms with Gasteiger partial charge in [0.25, 0.3) is 11.3 Å². The Morgan fingerprint density at radius 2 is 2.00 bits per heavy atom. The van der Waals surface area contributed by atoms with Crippen LogP contribution >= 0.6 is 11.8 Å². The van der Waals surface area contributed by atoms with Gasteiger partial charge < -0.3 is 19.8 Å². The van der Waals surface area contributed by atoms with Gasteiger partial charge in [0.05, 0.1) is 0 Å². The van der Waals surface area contributed by atoms with Crippen LogP contribution in [0.4, 0.5) is 5.69 Å². The lowest BCUT2D eigenvalue weighted by molar-refractivity contribution is -0.116. The number of ether oxygens (including phenoxy) is 2. The van der Waals surface area contributed by atoms with Gasteiger partial charge in [0.15, 0.2) is 16.7 Å². The lowest BCUT2D eigenvalue weighted by Gasteiger charge is -2.31. The topological polar surface area (TPSA) is 93.3 Å². The fourth-order valence-corrected chi connectivity index (χ4v) is 4.33. The molecule has 1 amide bonds. The number of thioether (sulfide) groups is 1. The smallest absolute Gasteiger partial charge is 0.254 e. The first-order valence-electron chi connectivity index (χ1n) is 9.94. The fourth-order valence-electron chi connectivity index (χ4n) is 3.90. The third kappa shape index (κ3) is 4.27. The molecule has 0 radical (unpaired) electrons. The highest BCUT2D eigenvalue weighted by Crippen LogP contribution is 2.46. The zero-order chi connectivity index (χ0) is 20.4. The molecule has 1 aliphatic carbocycles. The van der Waals surface area contributed by atoms with E-state index in [1.807, 2.05) is 24.5 Å². The molecular weight excluding hydrogens is 390 g/mol. The summed E-state index contributed by atoms with van der Waals surface area (Å²) in [5.74, 6) is 0.711. The molecule has 1 aliphatic heterocycles. The van der Waals surface area contributed by atoms with Crippen molar-refractivity contribution in [2.24, 2.45) is 0 Å². The number of hydrogen-bond acceptors (Lipinski definition) is 6. The van der Waals surface area contributed by atoms with Crippen molar-refractivity contribution < 1.29 is 14.3 Å². The Morgan fingerprint density at radius 3 is 2.72 bits per heavy atom. The first kappa shape index (κ1) is 19.8. The van der Waals surface area contributed by atoms with Crippen LogP contribution in [0.3, 0.4) is 0 Å². The monoisotopic (exact) mass is 415 g/mol. The zero-order valence-corrected chi connectivity index (χ0v) is 17.5. The maximum absolute atomic E-state index is 12.4. The number of benzene rings is 1. The van der Waals surface area contributed by atoms with Gasteiger partial charge in [0.2, 0.25) is 5.91 Å². The van der Waals surface area contributed by atoms with Crippen LogP contribution in [0.1, 0.15) is 49.8 Å². The summed E-state index contributed by atoms with van der Waals surface area (Å²) in [6.07, 6.45) is 7.58. The number of hydrogen-bond donors (Lipinski definition) is 2. The number of carbonyl (C=O) groups excluding carboxylic acids is 1. The zero-order valence-electron chi connectivity index (χ0n) is 16.7. The number of rotatable bonds is 5. The summed E-state index contributed by atoms with van der Waals surface area (Å²) in [4.78, 5) is 31.7. The second-order valence-corrected chi connectivity index (χ2v) is 8.32. The predicted molar refractivity (Wildman–Crippen MR) is 112 cm³/mol. The predicted octanol–water partition coefficient (Wildman–Crippen LogP) is 3.80. The molecule has 0 saturated heterocycles. The molecule has 2 aliphatic rings. The van der Waals surface area contributed by atoms with E-state index in [1.54, 1.807) is 6.92 Å². The highest BCUT2D eigenvalue weighted by atomic mass is 32.2. The second-order valence-electron chi connectivity index (χ2n) is 7.52. The molecule has 4 rings (SSSR count). The molecule has 2 aromatic rings. The normalized spacial score (nSPS) is 16.8. The van der Waals surface area contributed by atoms with Crippen molar-refractivity contribution in [2.75, 3.05) is 11.6 Å². The lowest BCUT2D eigenvalue weighted by Crippen LogP contribution is -2.40. The maximum atomic E-state index is 12.4. The van der Waals surface area contributed by atoms with Crippen LogP contribution in [-0.2, 0) is 11.2 Å². The SMILES string of the molecule is CSc1nc(C)c(CCC(=O)Nc2ccc3c(c2)OC2(CCCCC2)O3)c(=O)[nH]1. The van der Waals surface area contributed by atoms with Crippen LogP contribution in [0.15, 0.2) is 28.2 Å². The average Bonchev–Trinajstić information content (AvgIpc) is 3.04. The van der Waals surface area contributed by atoms with E-state index < -0.39 is 5.79 Å². The van der Waals surface area contributed by atoms with E-state index in [2.05, 4.69) is 15.3 Å². The van der Waals surface area contributed by atoms with Gasteiger partial charge in [-0.25, -0.2) is 4.98 Å². The van der Waals surface area contributed by atoms with Gasteiger partial charge in [0.1, 0.15) is 0 Å². The molecule has 7 nitrogen and oxygen atoms in total. The van der Waals surface area contributed by atoms with E-state index in [0.29, 0.717) is 34.3 Å². The molecule has 8 heteroatoms. The van der Waals surface area contributed by atoms with Crippen molar-refractivity contribution in [3.8, 4) is 11.5 Å². The number of aryl methyl sites for hydroxylation is 1. The van der Waals surface area contributed by atoms with E-state index in [-0.39, 0.29) is 17.9 Å². The lowest BCUT2D eigenvalue weighted by atomic mass is 9.94. The van der Waals surface area contributed by atoms with Gasteiger partial charge >= 0.3 is 0 Å². The third-order valence-electron chi connectivity index (χ3n) is 5.43. The summed E-state index contributed by atoms with van der Waals surface area (Å²) in [5, 5.41) is 3.46. The minimum absolute atomic E-state index is 0.163. The Bertz CT molecular complexity index is 982. The number of aromatic amines is 1. The van der Waals surface area contributed by atoms with Crippen molar-refractivity contribution in [2.45, 2.75) is 62.8 Å². The standard InChI is InChI=1S/C21H25N3O4S/c1-13-15(19(26)24-20(22-13)29-2)7-9-18(25)23-14-6-8-16-17(12-14)28-21(27-16)10-4-3-5-11-21/h6,8,12H,3-5,7,9-11H2,1-2H3,(H,23,25)(H,22,24,26). The Hall–Kier alpha value is -2.48. The molecule has 2 N–H and O–H groups in total. The Labute approximate surface area is 173 Å². The van der Waals surface area contributed by atoms with Crippen molar-refractivity contribution in [1.29, 1.82) is 0 Å². The number of H-pyrrole nitrogens is 1. The van der Waals surface area contributed by atoms with Gasteiger partial charge in [-0.2, -0.15) is 0 Å². The quantitative estimate of drug-likeness (QED) is 0.570. The van der Waals surface area contributed by atoms with Crippen LogP contribution in [-0.4, -0.2) is 27.9 Å². The maximum Gasteiger partial charge on any atom is 0.254 e. The summed E-state index contributed by atoms with van der Waals surface area (Å²) in [5.41, 5.74) is 1.68. The molecule has 1 spiro atoms. The molecule has 0 unspecified atom stereocenters. The van der Waals surface area contributed by atoms with Crippen molar-refractivity contribution >= 4 is 23.4 Å². The molecule has 154 valence electrons. The minimum Gasteiger partial charge on any atom is -0.448 e. The van der Waals surface area contributed by atoms with E-state index in [4.69, 9.17) is 9.47 Å². The minimum atomic E-state index is -0.530. The van der Waals surface area contributed by atoms with E-state index in [1.165, 1.54) is 18.2 Å². The van der Waals surface area contributed by atoms with Gasteiger partial charge in [-0.15, -0.1) is 0 Å². The van der Waals surface area contributed by atoms with Crippen LogP contribution < -0.4 is 20.3 Å². The summed E-state index contributed by atoms with van der Waals surface area (Å²) in [6, 6.07) is 5.46. The highest BCUT2D eigenvalue weighted by Gasteiger charge is 2.42. The Morgan fingerprint density at radius 1 is 1.24 bits per heavy atom. The van der Waals surface area contributed by atoms with Gasteiger partial charge in [-0.1, -0.05) is 18.2 Å². The molecule has 1 aromatic heterocycles. The van der Waals surface area contributed by atoms with E-state index in [0.717, 1.165) is 31.4 Å². The number of fused-ring (bicyclic) bond motifs is 1. The number of amides is 1. The number of nitrogens with one attached hydrogen (secondary N) is 2. The highest BCUT2D eigenvalue weighted by molar-refractivity contribution is 7.98. The molecule has 0 atom stereocenters. The summed E-state index contributed by atoms with van der Waals surface area (Å²) < 4.78 is 12.2. The molecule has 0 bridgehead atoms. The molecular formula is C21H25N3O4S.